The summed E-state index contributed by atoms with van der Waals surface area (Å²) >= 11 is 1.82. The van der Waals surface area contributed by atoms with E-state index >= 15 is 0 Å². The fraction of sp³-hybridized carbons (Fsp3) is 0.471. The number of rotatable bonds is 6. The van der Waals surface area contributed by atoms with Crippen LogP contribution in [0.5, 0.6) is 0 Å². The van der Waals surface area contributed by atoms with Gasteiger partial charge in [-0.2, -0.15) is 0 Å². The molecule has 2 aromatic heterocycles. The number of carbonyl (C=O) groups is 1. The molecule has 3 rings (SSSR count). The summed E-state index contributed by atoms with van der Waals surface area (Å²) < 4.78 is 5.48. The number of nitrogens with zero attached hydrogens (tertiary/aromatic N) is 3. The largest absolute Gasteiger partial charge is 0.379 e. The van der Waals surface area contributed by atoms with Crippen LogP contribution < -0.4 is 10.6 Å². The van der Waals surface area contributed by atoms with E-state index in [4.69, 9.17) is 4.74 Å². The second-order valence-corrected chi connectivity index (χ2v) is 7.20. The summed E-state index contributed by atoms with van der Waals surface area (Å²) in [5.74, 6) is 0.429. The Labute approximate surface area is 151 Å². The van der Waals surface area contributed by atoms with Crippen molar-refractivity contribution in [1.29, 1.82) is 0 Å². The number of hydrogen-bond donors (Lipinski definition) is 2. The zero-order valence-corrected chi connectivity index (χ0v) is 15.3. The summed E-state index contributed by atoms with van der Waals surface area (Å²) in [6, 6.07) is 8.08. The second kappa shape index (κ2) is 8.37. The van der Waals surface area contributed by atoms with Gasteiger partial charge in [-0.15, -0.1) is 21.5 Å². The monoisotopic (exact) mass is 361 g/mol. The van der Waals surface area contributed by atoms with Gasteiger partial charge in [-0.1, -0.05) is 0 Å². The van der Waals surface area contributed by atoms with Crippen LogP contribution in [0.25, 0.3) is 0 Å². The molecule has 1 atom stereocenters. The van der Waals surface area contributed by atoms with E-state index in [0.29, 0.717) is 11.5 Å². The number of aryl methyl sites for hydroxylation is 1. The molecule has 1 saturated heterocycles. The fourth-order valence-corrected chi connectivity index (χ4v) is 3.82. The van der Waals surface area contributed by atoms with Crippen molar-refractivity contribution in [2.45, 2.75) is 13.0 Å². The van der Waals surface area contributed by atoms with Crippen molar-refractivity contribution in [3.63, 3.8) is 0 Å². The van der Waals surface area contributed by atoms with Crippen molar-refractivity contribution < 1.29 is 9.53 Å². The highest BCUT2D eigenvalue weighted by Crippen LogP contribution is 2.28. The number of hydrogen-bond acceptors (Lipinski definition) is 7. The molecule has 0 radical (unpaired) electrons. The van der Waals surface area contributed by atoms with Gasteiger partial charge in [0.1, 0.15) is 5.82 Å². The molecule has 7 nitrogen and oxygen atoms in total. The first-order valence-electron chi connectivity index (χ1n) is 8.35. The highest BCUT2D eigenvalue weighted by molar-refractivity contribution is 7.12. The summed E-state index contributed by atoms with van der Waals surface area (Å²) in [7, 11) is 1.58. The van der Waals surface area contributed by atoms with Crippen molar-refractivity contribution in [2.24, 2.45) is 0 Å². The summed E-state index contributed by atoms with van der Waals surface area (Å²) in [6.07, 6.45) is 0. The lowest BCUT2D eigenvalue weighted by atomic mass is 10.2. The van der Waals surface area contributed by atoms with Gasteiger partial charge in [-0.3, -0.25) is 9.69 Å². The van der Waals surface area contributed by atoms with Crippen LogP contribution in [0, 0.1) is 6.92 Å². The van der Waals surface area contributed by atoms with E-state index in [-0.39, 0.29) is 11.9 Å². The normalized spacial score (nSPS) is 16.4. The van der Waals surface area contributed by atoms with Crippen LogP contribution in [-0.2, 0) is 4.74 Å². The molecule has 3 heterocycles. The summed E-state index contributed by atoms with van der Waals surface area (Å²) in [5, 5.41) is 14.0. The predicted molar refractivity (Wildman–Crippen MR) is 98.1 cm³/mol. The Hall–Kier alpha value is -2.03. The Kier molecular flexibility index (Phi) is 5.95. The fourth-order valence-electron chi connectivity index (χ4n) is 2.81. The Balaban J connectivity index is 1.68. The summed E-state index contributed by atoms with van der Waals surface area (Å²) in [4.78, 5) is 16.6. The van der Waals surface area contributed by atoms with Gasteiger partial charge in [0.05, 0.1) is 19.3 Å². The first-order valence-corrected chi connectivity index (χ1v) is 9.17. The van der Waals surface area contributed by atoms with Crippen molar-refractivity contribution in [1.82, 2.24) is 20.4 Å². The third-order valence-electron chi connectivity index (χ3n) is 4.18. The SMILES string of the molecule is CNC(=O)c1ccc(NCC(c2ccc(C)s2)N2CCOCC2)nn1. The average Bonchev–Trinajstić information content (AvgIpc) is 3.09. The zero-order chi connectivity index (χ0) is 17.6. The highest BCUT2D eigenvalue weighted by Gasteiger charge is 2.24. The molecule has 134 valence electrons. The Morgan fingerprint density at radius 1 is 1.28 bits per heavy atom. The summed E-state index contributed by atoms with van der Waals surface area (Å²) in [6.45, 7) is 6.23. The number of nitrogens with one attached hydrogen (secondary N) is 2. The Morgan fingerprint density at radius 3 is 2.68 bits per heavy atom. The first kappa shape index (κ1) is 17.8. The molecule has 0 aromatic carbocycles. The molecule has 0 aliphatic carbocycles. The lowest BCUT2D eigenvalue weighted by Crippen LogP contribution is -2.41. The highest BCUT2D eigenvalue weighted by atomic mass is 32.1. The molecule has 25 heavy (non-hydrogen) atoms. The average molecular weight is 361 g/mol. The molecule has 2 N–H and O–H groups in total. The van der Waals surface area contributed by atoms with Gasteiger partial charge in [-0.25, -0.2) is 0 Å². The topological polar surface area (TPSA) is 79.4 Å². The third-order valence-corrected chi connectivity index (χ3v) is 5.28. The number of amides is 1. The molecule has 2 aromatic rings. The molecule has 0 bridgehead atoms. The molecule has 0 spiro atoms. The number of morpholine rings is 1. The van der Waals surface area contributed by atoms with E-state index in [1.54, 1.807) is 19.2 Å². The van der Waals surface area contributed by atoms with Gasteiger partial charge in [-0.05, 0) is 31.2 Å². The second-order valence-electron chi connectivity index (χ2n) is 5.88. The lowest BCUT2D eigenvalue weighted by molar-refractivity contribution is 0.0194. The lowest BCUT2D eigenvalue weighted by Gasteiger charge is -2.34. The zero-order valence-electron chi connectivity index (χ0n) is 14.5. The van der Waals surface area contributed by atoms with Gasteiger partial charge in [0.15, 0.2) is 5.69 Å². The molecule has 1 amide bonds. The molecular formula is C17H23N5O2S. The minimum Gasteiger partial charge on any atom is -0.379 e. The maximum atomic E-state index is 11.5. The van der Waals surface area contributed by atoms with E-state index < -0.39 is 0 Å². The van der Waals surface area contributed by atoms with Crippen molar-refractivity contribution >= 4 is 23.1 Å². The van der Waals surface area contributed by atoms with Crippen LogP contribution in [0.15, 0.2) is 24.3 Å². The Morgan fingerprint density at radius 2 is 2.08 bits per heavy atom. The number of aromatic nitrogens is 2. The van der Waals surface area contributed by atoms with E-state index in [1.165, 1.54) is 9.75 Å². The molecule has 1 fully saturated rings. The van der Waals surface area contributed by atoms with Gasteiger partial charge < -0.3 is 15.4 Å². The van der Waals surface area contributed by atoms with Crippen LogP contribution in [0.1, 0.15) is 26.3 Å². The molecule has 1 unspecified atom stereocenters. The molecule has 8 heteroatoms. The van der Waals surface area contributed by atoms with Gasteiger partial charge >= 0.3 is 0 Å². The minimum absolute atomic E-state index is 0.237. The van der Waals surface area contributed by atoms with E-state index in [9.17, 15) is 4.79 Å². The predicted octanol–water partition coefficient (Wildman–Crippen LogP) is 1.69. The number of thiophene rings is 1. The number of carbonyl (C=O) groups excluding carboxylic acids is 1. The van der Waals surface area contributed by atoms with Crippen molar-refractivity contribution in [3.05, 3.63) is 39.7 Å². The van der Waals surface area contributed by atoms with Crippen LogP contribution in [0.3, 0.4) is 0 Å². The third kappa shape index (κ3) is 4.53. The first-order chi connectivity index (χ1) is 12.2. The quantitative estimate of drug-likeness (QED) is 0.815. The molecule has 1 aliphatic rings. The standard InChI is InChI=1S/C17H23N5O2S/c1-12-3-5-15(25-12)14(22-7-9-24-10-8-22)11-19-16-6-4-13(20-21-16)17(23)18-2/h3-6,14H,7-11H2,1-2H3,(H,18,23)(H,19,21). The van der Waals surface area contributed by atoms with E-state index in [2.05, 4.69) is 44.8 Å². The summed E-state index contributed by atoms with van der Waals surface area (Å²) in [5.41, 5.74) is 0.312. The Bertz CT molecular complexity index is 697. The number of anilines is 1. The van der Waals surface area contributed by atoms with Crippen LogP contribution in [0.4, 0.5) is 5.82 Å². The minimum atomic E-state index is -0.237. The van der Waals surface area contributed by atoms with Crippen LogP contribution in [-0.4, -0.2) is 60.9 Å². The van der Waals surface area contributed by atoms with Crippen molar-refractivity contribution in [3.8, 4) is 0 Å². The van der Waals surface area contributed by atoms with Gasteiger partial charge in [0.2, 0.25) is 0 Å². The van der Waals surface area contributed by atoms with Gasteiger partial charge in [0, 0.05) is 36.4 Å². The molecule has 0 saturated carbocycles. The van der Waals surface area contributed by atoms with Crippen LogP contribution in [0.2, 0.25) is 0 Å². The molecule has 1 aliphatic heterocycles. The number of ether oxygens (including phenoxy) is 1. The molecular weight excluding hydrogens is 338 g/mol. The van der Waals surface area contributed by atoms with Crippen molar-refractivity contribution in [2.75, 3.05) is 45.2 Å². The maximum absolute atomic E-state index is 11.5. The van der Waals surface area contributed by atoms with Crippen LogP contribution >= 0.6 is 11.3 Å². The van der Waals surface area contributed by atoms with E-state index in [0.717, 1.165) is 32.8 Å². The smallest absolute Gasteiger partial charge is 0.271 e. The van der Waals surface area contributed by atoms with E-state index in [1.807, 2.05) is 11.3 Å². The van der Waals surface area contributed by atoms with Gasteiger partial charge in [0.25, 0.3) is 5.91 Å². The maximum Gasteiger partial charge on any atom is 0.271 e.